The van der Waals surface area contributed by atoms with Crippen LogP contribution in [0.2, 0.25) is 0 Å². The van der Waals surface area contributed by atoms with Crippen molar-refractivity contribution >= 4 is 33.5 Å². The molecule has 0 radical (unpaired) electrons. The number of halogens is 1. The molecule has 5 atom stereocenters. The Bertz CT molecular complexity index is 893. The number of ether oxygens (including phenoxy) is 2. The molecule has 0 aromatic heterocycles. The van der Waals surface area contributed by atoms with Crippen LogP contribution in [0.25, 0.3) is 0 Å². The summed E-state index contributed by atoms with van der Waals surface area (Å²) in [5.74, 6) is 1.14. The number of fused-ring (bicyclic) bond motifs is 1. The summed E-state index contributed by atoms with van der Waals surface area (Å²) in [6, 6.07) is 14.8. The molecule has 5 nitrogen and oxygen atoms in total. The zero-order chi connectivity index (χ0) is 18.5. The van der Waals surface area contributed by atoms with Gasteiger partial charge < -0.3 is 14.8 Å². The Kier molecular flexibility index (Phi) is 3.97. The average Bonchev–Trinajstić information content (AvgIpc) is 3.27. The summed E-state index contributed by atoms with van der Waals surface area (Å²) in [6.45, 7) is 0. The first-order valence-electron chi connectivity index (χ1n) is 9.13. The predicted octanol–water partition coefficient (Wildman–Crippen LogP) is 4.38. The van der Waals surface area contributed by atoms with Crippen LogP contribution in [0.1, 0.15) is 12.8 Å². The Balaban J connectivity index is 1.25. The topological polar surface area (TPSA) is 64.6 Å². The molecule has 5 rings (SSSR count). The lowest BCUT2D eigenvalue weighted by atomic mass is 9.79. The highest BCUT2D eigenvalue weighted by Crippen LogP contribution is 2.57. The van der Waals surface area contributed by atoms with Gasteiger partial charge in [0, 0.05) is 16.1 Å². The lowest BCUT2D eigenvalue weighted by Gasteiger charge is -2.23. The minimum atomic E-state index is -0.264. The van der Waals surface area contributed by atoms with Gasteiger partial charge in [0.05, 0.1) is 11.8 Å². The number of hydrogen-bond acceptors (Lipinski definition) is 4. The first kappa shape index (κ1) is 16.8. The van der Waals surface area contributed by atoms with Crippen molar-refractivity contribution in [1.82, 2.24) is 0 Å². The molecule has 2 aliphatic carbocycles. The number of carbonyl (C=O) groups excluding carboxylic acids is 2. The number of rotatable bonds is 4. The summed E-state index contributed by atoms with van der Waals surface area (Å²) in [6.07, 6.45) is 1.80. The number of carbonyl (C=O) groups is 2. The SMILES string of the molecule is O=C(Nc1ccc(Oc2ccc(Br)cc2)cc1)[C@@H]1[C@H]2C[C@H]3[C@H]1C(=O)O[C@H]3C2. The molecular weight excluding hydrogens is 410 g/mol. The van der Waals surface area contributed by atoms with Gasteiger partial charge in [-0.05, 0) is 67.3 Å². The quantitative estimate of drug-likeness (QED) is 0.735. The fraction of sp³-hybridized carbons (Fsp3) is 0.333. The molecule has 1 saturated heterocycles. The minimum absolute atomic E-state index is 0.0478. The highest BCUT2D eigenvalue weighted by atomic mass is 79.9. The Morgan fingerprint density at radius 3 is 2.41 bits per heavy atom. The number of anilines is 1. The van der Waals surface area contributed by atoms with Crippen LogP contribution in [0, 0.1) is 23.7 Å². The van der Waals surface area contributed by atoms with Gasteiger partial charge in [-0.3, -0.25) is 9.59 Å². The van der Waals surface area contributed by atoms with E-state index in [4.69, 9.17) is 9.47 Å². The third-order valence-electron chi connectivity index (χ3n) is 5.96. The Morgan fingerprint density at radius 2 is 1.70 bits per heavy atom. The Labute approximate surface area is 165 Å². The van der Waals surface area contributed by atoms with Gasteiger partial charge in [0.1, 0.15) is 17.6 Å². The smallest absolute Gasteiger partial charge is 0.310 e. The van der Waals surface area contributed by atoms with Gasteiger partial charge in [0.2, 0.25) is 5.91 Å². The first-order valence-corrected chi connectivity index (χ1v) is 9.92. The molecule has 2 aromatic carbocycles. The van der Waals surface area contributed by atoms with E-state index >= 15 is 0 Å². The summed E-state index contributed by atoms with van der Waals surface area (Å²) in [5, 5.41) is 2.96. The fourth-order valence-electron chi connectivity index (χ4n) is 4.83. The first-order chi connectivity index (χ1) is 13.1. The zero-order valence-corrected chi connectivity index (χ0v) is 16.0. The molecule has 3 aliphatic rings. The van der Waals surface area contributed by atoms with Crippen molar-refractivity contribution in [1.29, 1.82) is 0 Å². The van der Waals surface area contributed by atoms with E-state index in [0.29, 0.717) is 11.4 Å². The molecule has 0 unspecified atom stereocenters. The molecule has 1 amide bonds. The second-order valence-corrected chi connectivity index (χ2v) is 8.41. The molecule has 3 fully saturated rings. The number of hydrogen-bond donors (Lipinski definition) is 1. The van der Waals surface area contributed by atoms with E-state index in [1.165, 1.54) is 0 Å². The molecule has 27 heavy (non-hydrogen) atoms. The van der Waals surface area contributed by atoms with Crippen LogP contribution >= 0.6 is 15.9 Å². The largest absolute Gasteiger partial charge is 0.462 e. The van der Waals surface area contributed by atoms with Gasteiger partial charge in [0.25, 0.3) is 0 Å². The van der Waals surface area contributed by atoms with Gasteiger partial charge in [-0.15, -0.1) is 0 Å². The number of nitrogens with one attached hydrogen (secondary N) is 1. The van der Waals surface area contributed by atoms with E-state index in [1.807, 2.05) is 48.5 Å². The maximum absolute atomic E-state index is 12.8. The van der Waals surface area contributed by atoms with Crippen LogP contribution in [-0.2, 0) is 14.3 Å². The second-order valence-electron chi connectivity index (χ2n) is 7.49. The van der Waals surface area contributed by atoms with Crippen LogP contribution in [0.5, 0.6) is 11.5 Å². The monoisotopic (exact) mass is 427 g/mol. The van der Waals surface area contributed by atoms with Gasteiger partial charge in [-0.25, -0.2) is 0 Å². The van der Waals surface area contributed by atoms with E-state index in [1.54, 1.807) is 0 Å². The zero-order valence-electron chi connectivity index (χ0n) is 14.4. The average molecular weight is 428 g/mol. The van der Waals surface area contributed by atoms with Gasteiger partial charge >= 0.3 is 5.97 Å². The van der Waals surface area contributed by atoms with Crippen molar-refractivity contribution in [2.75, 3.05) is 5.32 Å². The lowest BCUT2D eigenvalue weighted by molar-refractivity contribution is -0.145. The highest BCUT2D eigenvalue weighted by Gasteiger charge is 2.63. The fourth-order valence-corrected chi connectivity index (χ4v) is 5.10. The summed E-state index contributed by atoms with van der Waals surface area (Å²) < 4.78 is 12.2. The number of benzene rings is 2. The molecule has 138 valence electrons. The summed E-state index contributed by atoms with van der Waals surface area (Å²) in [4.78, 5) is 24.9. The van der Waals surface area contributed by atoms with E-state index in [9.17, 15) is 9.59 Å². The molecule has 6 heteroatoms. The third-order valence-corrected chi connectivity index (χ3v) is 6.49. The molecule has 1 aliphatic heterocycles. The number of esters is 1. The van der Waals surface area contributed by atoms with E-state index in [2.05, 4.69) is 21.2 Å². The van der Waals surface area contributed by atoms with E-state index in [-0.39, 0.29) is 41.7 Å². The number of amides is 1. The molecular formula is C21H18BrNO4. The minimum Gasteiger partial charge on any atom is -0.462 e. The van der Waals surface area contributed by atoms with Gasteiger partial charge in [-0.2, -0.15) is 0 Å². The van der Waals surface area contributed by atoms with Gasteiger partial charge in [-0.1, -0.05) is 15.9 Å². The molecule has 2 saturated carbocycles. The normalized spacial score (nSPS) is 30.3. The van der Waals surface area contributed by atoms with Crippen LogP contribution in [0.15, 0.2) is 53.0 Å². The maximum atomic E-state index is 12.8. The van der Waals surface area contributed by atoms with Crippen molar-refractivity contribution in [2.24, 2.45) is 23.7 Å². The van der Waals surface area contributed by atoms with E-state index in [0.717, 1.165) is 23.1 Å². The third kappa shape index (κ3) is 2.92. The molecule has 1 heterocycles. The highest BCUT2D eigenvalue weighted by molar-refractivity contribution is 9.10. The van der Waals surface area contributed by atoms with Gasteiger partial charge in [0.15, 0.2) is 0 Å². The van der Waals surface area contributed by atoms with Crippen LogP contribution in [0.3, 0.4) is 0 Å². The summed E-state index contributed by atoms with van der Waals surface area (Å²) in [5.41, 5.74) is 0.703. The van der Waals surface area contributed by atoms with Crippen molar-refractivity contribution < 1.29 is 19.1 Å². The predicted molar refractivity (Wildman–Crippen MR) is 102 cm³/mol. The maximum Gasteiger partial charge on any atom is 0.310 e. The molecule has 1 N–H and O–H groups in total. The van der Waals surface area contributed by atoms with E-state index < -0.39 is 0 Å². The van der Waals surface area contributed by atoms with Crippen molar-refractivity contribution in [2.45, 2.75) is 18.9 Å². The lowest BCUT2D eigenvalue weighted by Crippen LogP contribution is -2.35. The van der Waals surface area contributed by atoms with Crippen molar-refractivity contribution in [3.8, 4) is 11.5 Å². The second kappa shape index (κ2) is 6.37. The van der Waals surface area contributed by atoms with Crippen LogP contribution in [0.4, 0.5) is 5.69 Å². The Hall–Kier alpha value is -2.34. The van der Waals surface area contributed by atoms with Crippen LogP contribution < -0.4 is 10.1 Å². The molecule has 0 spiro atoms. The van der Waals surface area contributed by atoms with Crippen molar-refractivity contribution in [3.63, 3.8) is 0 Å². The van der Waals surface area contributed by atoms with Crippen molar-refractivity contribution in [3.05, 3.63) is 53.0 Å². The molecule has 2 aromatic rings. The standard InChI is InChI=1S/C21H18BrNO4/c22-12-1-5-14(6-2-12)26-15-7-3-13(4-8-15)23-20(24)18-11-9-16-17(10-11)27-21(25)19(16)18/h1-8,11,16-19H,9-10H2,(H,23,24)/t11-,16+,17-,18+,19+/m0/s1. The summed E-state index contributed by atoms with van der Waals surface area (Å²) in [7, 11) is 0. The summed E-state index contributed by atoms with van der Waals surface area (Å²) >= 11 is 3.39. The molecule has 2 bridgehead atoms. The Morgan fingerprint density at radius 1 is 1.04 bits per heavy atom. The van der Waals surface area contributed by atoms with Crippen LogP contribution in [-0.4, -0.2) is 18.0 Å².